The van der Waals surface area contributed by atoms with Crippen LogP contribution in [0.4, 0.5) is 5.69 Å². The topological polar surface area (TPSA) is 87.3 Å². The minimum atomic E-state index is -0.212. The number of benzene rings is 2. The van der Waals surface area contributed by atoms with Crippen molar-refractivity contribution in [1.82, 2.24) is 15.1 Å². The van der Waals surface area contributed by atoms with Crippen LogP contribution >= 0.6 is 0 Å². The number of anilines is 1. The van der Waals surface area contributed by atoms with Gasteiger partial charge in [0.15, 0.2) is 0 Å². The highest BCUT2D eigenvalue weighted by Gasteiger charge is 2.18. The molecule has 3 aromatic rings. The number of hydrogen-bond acceptors (Lipinski definition) is 5. The number of aromatic nitrogens is 2. The lowest BCUT2D eigenvalue weighted by molar-refractivity contribution is -0.116. The SMILES string of the molecule is CO[C@@H]1CCCN(CCCCC(=O)Nc2cccc(-c3n[nH]c(=O)c4ccccc34)c2)C1. The van der Waals surface area contributed by atoms with E-state index in [1.54, 1.807) is 13.2 Å². The zero-order valence-electron chi connectivity index (χ0n) is 18.5. The molecule has 1 aliphatic rings. The summed E-state index contributed by atoms with van der Waals surface area (Å²) in [6, 6.07) is 15.0. The first kappa shape index (κ1) is 22.2. The number of likely N-dealkylation sites (tertiary alicyclic amines) is 1. The van der Waals surface area contributed by atoms with Crippen molar-refractivity contribution in [3.05, 3.63) is 58.9 Å². The summed E-state index contributed by atoms with van der Waals surface area (Å²) in [6.07, 6.45) is 5.00. The van der Waals surface area contributed by atoms with Crippen LogP contribution in [0.2, 0.25) is 0 Å². The molecule has 7 nitrogen and oxygen atoms in total. The summed E-state index contributed by atoms with van der Waals surface area (Å²) in [4.78, 5) is 26.9. The van der Waals surface area contributed by atoms with Gasteiger partial charge in [0.05, 0.1) is 17.2 Å². The molecule has 1 aromatic heterocycles. The lowest BCUT2D eigenvalue weighted by atomic mass is 10.0. The Morgan fingerprint density at radius 1 is 1.19 bits per heavy atom. The molecule has 1 amide bonds. The fourth-order valence-electron chi connectivity index (χ4n) is 4.33. The van der Waals surface area contributed by atoms with Crippen molar-refractivity contribution >= 4 is 22.4 Å². The van der Waals surface area contributed by atoms with Crippen LogP contribution in [0, 0.1) is 0 Å². The number of nitrogens with one attached hydrogen (secondary N) is 2. The van der Waals surface area contributed by atoms with Gasteiger partial charge in [-0.3, -0.25) is 9.59 Å². The number of amides is 1. The predicted molar refractivity (Wildman–Crippen MR) is 127 cm³/mol. The fourth-order valence-corrected chi connectivity index (χ4v) is 4.33. The molecule has 2 heterocycles. The summed E-state index contributed by atoms with van der Waals surface area (Å²) in [5.74, 6) is 0.00912. The number of piperidine rings is 1. The molecule has 0 spiro atoms. The summed E-state index contributed by atoms with van der Waals surface area (Å²) < 4.78 is 5.48. The predicted octanol–water partition coefficient (Wildman–Crippen LogP) is 3.81. The first-order chi connectivity index (χ1) is 15.6. The van der Waals surface area contributed by atoms with Crippen LogP contribution in [0.15, 0.2) is 53.3 Å². The van der Waals surface area contributed by atoms with Gasteiger partial charge >= 0.3 is 0 Å². The molecule has 2 aromatic carbocycles. The van der Waals surface area contributed by atoms with Gasteiger partial charge in [-0.2, -0.15) is 5.10 Å². The highest BCUT2D eigenvalue weighted by Crippen LogP contribution is 2.26. The number of nitrogens with zero attached hydrogens (tertiary/aromatic N) is 2. The zero-order chi connectivity index (χ0) is 22.3. The molecule has 1 aliphatic heterocycles. The number of hydrogen-bond donors (Lipinski definition) is 2. The van der Waals surface area contributed by atoms with Gasteiger partial charge in [-0.15, -0.1) is 0 Å². The first-order valence-electron chi connectivity index (χ1n) is 11.3. The Morgan fingerprint density at radius 2 is 2.03 bits per heavy atom. The molecule has 0 radical (unpaired) electrons. The van der Waals surface area contributed by atoms with Crippen molar-refractivity contribution in [1.29, 1.82) is 0 Å². The highest BCUT2D eigenvalue weighted by atomic mass is 16.5. The molecule has 1 atom stereocenters. The second-order valence-electron chi connectivity index (χ2n) is 8.33. The van der Waals surface area contributed by atoms with Crippen LogP contribution in [0.5, 0.6) is 0 Å². The lowest BCUT2D eigenvalue weighted by Gasteiger charge is -2.31. The first-order valence-corrected chi connectivity index (χ1v) is 11.3. The molecule has 0 saturated carbocycles. The van der Waals surface area contributed by atoms with E-state index in [0.717, 1.165) is 55.5 Å². The normalized spacial score (nSPS) is 16.8. The van der Waals surface area contributed by atoms with Crippen molar-refractivity contribution in [3.63, 3.8) is 0 Å². The van der Waals surface area contributed by atoms with E-state index in [0.29, 0.717) is 23.6 Å². The van der Waals surface area contributed by atoms with Crippen molar-refractivity contribution in [2.24, 2.45) is 0 Å². The number of methoxy groups -OCH3 is 1. The summed E-state index contributed by atoms with van der Waals surface area (Å²) in [5, 5.41) is 11.2. The van der Waals surface area contributed by atoms with Crippen LogP contribution < -0.4 is 10.9 Å². The van der Waals surface area contributed by atoms with Crippen LogP contribution in [0.1, 0.15) is 32.1 Å². The second-order valence-corrected chi connectivity index (χ2v) is 8.33. The van der Waals surface area contributed by atoms with Gasteiger partial charge in [0.2, 0.25) is 5.91 Å². The van der Waals surface area contributed by atoms with Crippen LogP contribution in [0.25, 0.3) is 22.0 Å². The average Bonchev–Trinajstić information content (AvgIpc) is 2.82. The summed E-state index contributed by atoms with van der Waals surface area (Å²) in [7, 11) is 1.78. The van der Waals surface area contributed by atoms with Gasteiger partial charge in [0.25, 0.3) is 5.56 Å². The third-order valence-electron chi connectivity index (χ3n) is 6.04. The van der Waals surface area contributed by atoms with Crippen LogP contribution in [-0.4, -0.2) is 53.9 Å². The molecule has 32 heavy (non-hydrogen) atoms. The molecule has 2 N–H and O–H groups in total. The molecule has 0 unspecified atom stereocenters. The van der Waals surface area contributed by atoms with E-state index in [-0.39, 0.29) is 11.5 Å². The lowest BCUT2D eigenvalue weighted by Crippen LogP contribution is -2.39. The van der Waals surface area contributed by atoms with E-state index >= 15 is 0 Å². The van der Waals surface area contributed by atoms with Crippen molar-refractivity contribution in [3.8, 4) is 11.3 Å². The third kappa shape index (κ3) is 5.41. The molecule has 168 valence electrons. The Hall–Kier alpha value is -3.03. The molecular weight excluding hydrogens is 404 g/mol. The van der Waals surface area contributed by atoms with Gasteiger partial charge in [-0.25, -0.2) is 5.10 Å². The van der Waals surface area contributed by atoms with Crippen molar-refractivity contribution in [2.45, 2.75) is 38.2 Å². The molecular formula is C25H30N4O3. The minimum absolute atomic E-state index is 0.00912. The molecule has 1 saturated heterocycles. The summed E-state index contributed by atoms with van der Waals surface area (Å²) >= 11 is 0. The maximum atomic E-state index is 12.5. The van der Waals surface area contributed by atoms with E-state index in [1.807, 2.05) is 42.5 Å². The van der Waals surface area contributed by atoms with E-state index in [9.17, 15) is 9.59 Å². The molecule has 0 bridgehead atoms. The third-order valence-corrected chi connectivity index (χ3v) is 6.04. The zero-order valence-corrected chi connectivity index (χ0v) is 18.5. The van der Waals surface area contributed by atoms with Gasteiger partial charge < -0.3 is 15.0 Å². The maximum Gasteiger partial charge on any atom is 0.272 e. The Balaban J connectivity index is 1.33. The number of ether oxygens (including phenoxy) is 1. The Kier molecular flexibility index (Phi) is 7.29. The number of aromatic amines is 1. The van der Waals surface area contributed by atoms with E-state index in [4.69, 9.17) is 4.74 Å². The van der Waals surface area contributed by atoms with Crippen molar-refractivity contribution < 1.29 is 9.53 Å². The molecule has 7 heteroatoms. The van der Waals surface area contributed by atoms with E-state index in [2.05, 4.69) is 20.4 Å². The van der Waals surface area contributed by atoms with Crippen LogP contribution in [-0.2, 0) is 9.53 Å². The Bertz CT molecular complexity index is 1130. The molecule has 4 rings (SSSR count). The number of rotatable bonds is 8. The molecule has 0 aliphatic carbocycles. The summed E-state index contributed by atoms with van der Waals surface area (Å²) in [5.41, 5.74) is 2.04. The fraction of sp³-hybridized carbons (Fsp3) is 0.400. The smallest absolute Gasteiger partial charge is 0.272 e. The monoisotopic (exact) mass is 434 g/mol. The van der Waals surface area contributed by atoms with Crippen molar-refractivity contribution in [2.75, 3.05) is 32.1 Å². The summed E-state index contributed by atoms with van der Waals surface area (Å²) in [6.45, 7) is 3.11. The quantitative estimate of drug-likeness (QED) is 0.527. The van der Waals surface area contributed by atoms with Gasteiger partial charge in [0.1, 0.15) is 0 Å². The van der Waals surface area contributed by atoms with Gasteiger partial charge in [-0.1, -0.05) is 30.3 Å². The standard InChI is InChI=1S/C25H30N4O3/c1-32-20-10-7-15-29(17-20)14-5-4-13-23(30)26-19-9-6-8-18(16-19)24-21-11-2-3-12-22(21)25(31)28-27-24/h2-3,6,8-9,11-12,16,20H,4-5,7,10,13-15,17H2,1H3,(H,26,30)(H,28,31)/t20-/m1/s1. The van der Waals surface area contributed by atoms with Gasteiger partial charge in [-0.05, 0) is 57.0 Å². The highest BCUT2D eigenvalue weighted by molar-refractivity contribution is 5.95. The van der Waals surface area contributed by atoms with Gasteiger partial charge in [0, 0.05) is 36.7 Å². The Labute approximate surface area is 187 Å². The number of unbranched alkanes of at least 4 members (excludes halogenated alkanes) is 1. The molecule has 1 fully saturated rings. The second kappa shape index (κ2) is 10.5. The minimum Gasteiger partial charge on any atom is -0.380 e. The van der Waals surface area contributed by atoms with E-state index < -0.39 is 0 Å². The van der Waals surface area contributed by atoms with Crippen LogP contribution in [0.3, 0.4) is 0 Å². The number of fused-ring (bicyclic) bond motifs is 1. The maximum absolute atomic E-state index is 12.5. The Morgan fingerprint density at radius 3 is 2.88 bits per heavy atom. The van der Waals surface area contributed by atoms with E-state index in [1.165, 1.54) is 6.42 Å². The number of H-pyrrole nitrogens is 1. The average molecular weight is 435 g/mol. The largest absolute Gasteiger partial charge is 0.380 e. The number of carbonyl (C=O) groups excluding carboxylic acids is 1. The number of carbonyl (C=O) groups is 1.